The van der Waals surface area contributed by atoms with Crippen LogP contribution in [0, 0.1) is 5.92 Å². The van der Waals surface area contributed by atoms with Crippen molar-refractivity contribution < 1.29 is 13.2 Å². The van der Waals surface area contributed by atoms with Gasteiger partial charge in [-0.25, -0.2) is 13.4 Å². The molecule has 0 radical (unpaired) electrons. The molecule has 1 saturated heterocycles. The lowest BCUT2D eigenvalue weighted by atomic mass is 10.2. The van der Waals surface area contributed by atoms with E-state index in [1.807, 2.05) is 13.8 Å². The maximum Gasteiger partial charge on any atom is 0.228 e. The highest BCUT2D eigenvalue weighted by atomic mass is 32.2. The van der Waals surface area contributed by atoms with Crippen LogP contribution in [-0.2, 0) is 14.6 Å². The molecule has 1 atom stereocenters. The van der Waals surface area contributed by atoms with E-state index < -0.39 is 9.84 Å². The molecule has 1 aliphatic heterocycles. The molecule has 1 fully saturated rings. The summed E-state index contributed by atoms with van der Waals surface area (Å²) in [6.45, 7) is 3.62. The molecule has 1 aliphatic rings. The topological polar surface area (TPSA) is 88.2 Å². The fraction of sp³-hybridized carbons (Fsp3) is 0.538. The van der Waals surface area contributed by atoms with Crippen LogP contribution in [0.3, 0.4) is 0 Å². The van der Waals surface area contributed by atoms with Crippen LogP contribution < -0.4 is 10.6 Å². The molecule has 1 aromatic rings. The summed E-state index contributed by atoms with van der Waals surface area (Å²) in [6, 6.07) is 3.43. The number of sulfone groups is 1. The van der Waals surface area contributed by atoms with E-state index in [1.165, 1.54) is 0 Å². The number of anilines is 2. The molecule has 20 heavy (non-hydrogen) atoms. The van der Waals surface area contributed by atoms with E-state index >= 15 is 0 Å². The molecule has 2 heterocycles. The molecule has 7 heteroatoms. The SMILES string of the molecule is CC(C)C(=O)Nc1ccc(NC2CCS(=O)(=O)C2)cn1. The Morgan fingerprint density at radius 3 is 2.65 bits per heavy atom. The highest BCUT2D eigenvalue weighted by Crippen LogP contribution is 2.18. The third-order valence-corrected chi connectivity index (χ3v) is 4.91. The number of nitrogens with zero attached hydrogens (tertiary/aromatic N) is 1. The van der Waals surface area contributed by atoms with Gasteiger partial charge in [0.05, 0.1) is 23.4 Å². The summed E-state index contributed by atoms with van der Waals surface area (Å²) >= 11 is 0. The molecule has 0 spiro atoms. The first kappa shape index (κ1) is 14.8. The number of aromatic nitrogens is 1. The van der Waals surface area contributed by atoms with Crippen molar-refractivity contribution in [2.75, 3.05) is 22.1 Å². The van der Waals surface area contributed by atoms with Crippen LogP contribution in [0.25, 0.3) is 0 Å². The number of carbonyl (C=O) groups is 1. The molecule has 0 aromatic carbocycles. The van der Waals surface area contributed by atoms with Crippen molar-refractivity contribution in [2.24, 2.45) is 5.92 Å². The van der Waals surface area contributed by atoms with Gasteiger partial charge in [-0.2, -0.15) is 0 Å². The van der Waals surface area contributed by atoms with Crippen LogP contribution in [-0.4, -0.2) is 36.9 Å². The Labute approximate surface area is 118 Å². The number of hydrogen-bond acceptors (Lipinski definition) is 5. The second kappa shape index (κ2) is 5.78. The number of rotatable bonds is 4. The van der Waals surface area contributed by atoms with E-state index in [4.69, 9.17) is 0 Å². The minimum Gasteiger partial charge on any atom is -0.380 e. The van der Waals surface area contributed by atoms with Gasteiger partial charge in [0.2, 0.25) is 5.91 Å². The van der Waals surface area contributed by atoms with E-state index in [0.29, 0.717) is 12.2 Å². The molecule has 1 aromatic heterocycles. The van der Waals surface area contributed by atoms with Gasteiger partial charge >= 0.3 is 0 Å². The second-order valence-corrected chi connectivity index (χ2v) is 7.55. The van der Waals surface area contributed by atoms with Crippen molar-refractivity contribution in [1.29, 1.82) is 0 Å². The molecule has 110 valence electrons. The van der Waals surface area contributed by atoms with Gasteiger partial charge in [-0.05, 0) is 18.6 Å². The lowest BCUT2D eigenvalue weighted by Gasteiger charge is -2.12. The molecule has 0 aliphatic carbocycles. The molecule has 6 nitrogen and oxygen atoms in total. The maximum absolute atomic E-state index is 11.5. The zero-order chi connectivity index (χ0) is 14.8. The summed E-state index contributed by atoms with van der Waals surface area (Å²) in [4.78, 5) is 15.6. The van der Waals surface area contributed by atoms with Gasteiger partial charge in [0.15, 0.2) is 9.84 Å². The average Bonchev–Trinajstić information content (AvgIpc) is 2.71. The van der Waals surface area contributed by atoms with Gasteiger partial charge in [-0.3, -0.25) is 4.79 Å². The quantitative estimate of drug-likeness (QED) is 0.874. The molecular weight excluding hydrogens is 278 g/mol. The number of carbonyl (C=O) groups excluding carboxylic acids is 1. The van der Waals surface area contributed by atoms with Crippen molar-refractivity contribution >= 4 is 27.2 Å². The molecule has 0 saturated carbocycles. The Kier molecular flexibility index (Phi) is 4.27. The van der Waals surface area contributed by atoms with E-state index in [0.717, 1.165) is 5.69 Å². The Balaban J connectivity index is 1.94. The average molecular weight is 297 g/mol. The standard InChI is InChI=1S/C13H19N3O3S/c1-9(2)13(17)16-12-4-3-10(7-14-12)15-11-5-6-20(18,19)8-11/h3-4,7,9,11,15H,5-6,8H2,1-2H3,(H,14,16,17). The lowest BCUT2D eigenvalue weighted by molar-refractivity contribution is -0.118. The number of nitrogens with one attached hydrogen (secondary N) is 2. The largest absolute Gasteiger partial charge is 0.380 e. The van der Waals surface area contributed by atoms with Crippen molar-refractivity contribution in [2.45, 2.75) is 26.3 Å². The summed E-state index contributed by atoms with van der Waals surface area (Å²) < 4.78 is 22.7. The third-order valence-electron chi connectivity index (χ3n) is 3.14. The van der Waals surface area contributed by atoms with Gasteiger partial charge in [0.1, 0.15) is 5.82 Å². The Morgan fingerprint density at radius 2 is 2.15 bits per heavy atom. The summed E-state index contributed by atoms with van der Waals surface area (Å²) in [6.07, 6.45) is 2.22. The van der Waals surface area contributed by atoms with Crippen LogP contribution in [0.2, 0.25) is 0 Å². The van der Waals surface area contributed by atoms with Crippen LogP contribution in [0.15, 0.2) is 18.3 Å². The van der Waals surface area contributed by atoms with Gasteiger partial charge in [0.25, 0.3) is 0 Å². The van der Waals surface area contributed by atoms with Crippen molar-refractivity contribution in [3.05, 3.63) is 18.3 Å². The first-order valence-corrected chi connectivity index (χ1v) is 8.42. The highest BCUT2D eigenvalue weighted by molar-refractivity contribution is 7.91. The van der Waals surface area contributed by atoms with E-state index in [-0.39, 0.29) is 29.4 Å². The number of pyridine rings is 1. The fourth-order valence-electron chi connectivity index (χ4n) is 1.97. The minimum atomic E-state index is -2.89. The summed E-state index contributed by atoms with van der Waals surface area (Å²) in [7, 11) is -2.89. The van der Waals surface area contributed by atoms with E-state index in [1.54, 1.807) is 18.3 Å². The number of amides is 1. The molecule has 1 amide bonds. The Bertz CT molecular complexity index is 581. The Morgan fingerprint density at radius 1 is 1.40 bits per heavy atom. The second-order valence-electron chi connectivity index (χ2n) is 5.32. The van der Waals surface area contributed by atoms with Crippen molar-refractivity contribution in [1.82, 2.24) is 4.98 Å². The monoisotopic (exact) mass is 297 g/mol. The van der Waals surface area contributed by atoms with Crippen LogP contribution in [0.5, 0.6) is 0 Å². The van der Waals surface area contributed by atoms with Crippen LogP contribution >= 0.6 is 0 Å². The fourth-order valence-corrected chi connectivity index (χ4v) is 3.64. The van der Waals surface area contributed by atoms with Crippen LogP contribution in [0.1, 0.15) is 20.3 Å². The first-order valence-electron chi connectivity index (χ1n) is 6.59. The summed E-state index contributed by atoms with van der Waals surface area (Å²) in [5.41, 5.74) is 0.759. The van der Waals surface area contributed by atoms with Gasteiger partial charge in [-0.1, -0.05) is 13.8 Å². The third kappa shape index (κ3) is 3.93. The first-order chi connectivity index (χ1) is 9.35. The zero-order valence-corrected chi connectivity index (χ0v) is 12.4. The Hall–Kier alpha value is -1.63. The maximum atomic E-state index is 11.5. The predicted molar refractivity (Wildman–Crippen MR) is 78.4 cm³/mol. The molecule has 2 N–H and O–H groups in total. The summed E-state index contributed by atoms with van der Waals surface area (Å²) in [5, 5.41) is 5.85. The number of hydrogen-bond donors (Lipinski definition) is 2. The lowest BCUT2D eigenvalue weighted by Crippen LogP contribution is -2.21. The van der Waals surface area contributed by atoms with Crippen molar-refractivity contribution in [3.63, 3.8) is 0 Å². The van der Waals surface area contributed by atoms with Crippen molar-refractivity contribution in [3.8, 4) is 0 Å². The van der Waals surface area contributed by atoms with Gasteiger partial charge in [-0.15, -0.1) is 0 Å². The minimum absolute atomic E-state index is 0.0575. The molecule has 0 bridgehead atoms. The summed E-state index contributed by atoms with van der Waals surface area (Å²) in [5.74, 6) is 0.714. The normalized spacial score (nSPS) is 20.9. The zero-order valence-electron chi connectivity index (χ0n) is 11.6. The van der Waals surface area contributed by atoms with Gasteiger partial charge < -0.3 is 10.6 Å². The highest BCUT2D eigenvalue weighted by Gasteiger charge is 2.27. The molecular formula is C13H19N3O3S. The van der Waals surface area contributed by atoms with Gasteiger partial charge in [0, 0.05) is 12.0 Å². The predicted octanol–water partition coefficient (Wildman–Crippen LogP) is 1.28. The van der Waals surface area contributed by atoms with Crippen LogP contribution in [0.4, 0.5) is 11.5 Å². The molecule has 1 unspecified atom stereocenters. The smallest absolute Gasteiger partial charge is 0.228 e. The molecule has 2 rings (SSSR count). The van der Waals surface area contributed by atoms with E-state index in [2.05, 4.69) is 15.6 Å². The van der Waals surface area contributed by atoms with E-state index in [9.17, 15) is 13.2 Å².